The Labute approximate surface area is 176 Å². The fourth-order valence-corrected chi connectivity index (χ4v) is 5.26. The molecular weight excluding hydrogens is 432 g/mol. The van der Waals surface area contributed by atoms with E-state index in [0.29, 0.717) is 11.8 Å². The summed E-state index contributed by atoms with van der Waals surface area (Å²) in [5.74, 6) is -0.768. The van der Waals surface area contributed by atoms with Crippen LogP contribution >= 0.6 is 48.8 Å². The van der Waals surface area contributed by atoms with Gasteiger partial charge < -0.3 is 27.2 Å². The highest BCUT2D eigenvalue weighted by Crippen LogP contribution is 2.50. The number of rotatable bonds is 5. The van der Waals surface area contributed by atoms with Gasteiger partial charge in [-0.3, -0.25) is 14.4 Å². The van der Waals surface area contributed by atoms with Gasteiger partial charge in [-0.1, -0.05) is 0 Å². The molecule has 5 atom stereocenters. The number of carbonyl (C=O) groups is 4. The molecule has 27 heavy (non-hydrogen) atoms. The topological polar surface area (TPSA) is 170 Å². The number of nitrogens with two attached hydrogens (primary N) is 3. The first-order valence-corrected chi connectivity index (χ1v) is 10.8. The zero-order chi connectivity index (χ0) is 21.1. The summed E-state index contributed by atoms with van der Waals surface area (Å²) in [4.78, 5) is 46.0. The van der Waals surface area contributed by atoms with Crippen LogP contribution < -0.4 is 17.2 Å². The number of thiol groups is 2. The number of hydrogen-bond acceptors (Lipinski definition) is 11. The summed E-state index contributed by atoms with van der Waals surface area (Å²) in [6.07, 6.45) is 0. The number of fused-ring (bicyclic) bond motifs is 1. The minimum absolute atomic E-state index is 0.154. The zero-order valence-electron chi connectivity index (χ0n) is 14.8. The maximum Gasteiger partial charge on any atom is 0.327 e. The van der Waals surface area contributed by atoms with E-state index in [9.17, 15) is 19.2 Å². The molecule has 2 aliphatic heterocycles. The third-order valence-electron chi connectivity index (χ3n) is 3.92. The van der Waals surface area contributed by atoms with Gasteiger partial charge in [-0.2, -0.15) is 25.3 Å². The van der Waals surface area contributed by atoms with Gasteiger partial charge in [0.25, 0.3) is 0 Å². The molecule has 7 N–H and O–H groups in total. The van der Waals surface area contributed by atoms with Crippen molar-refractivity contribution in [1.29, 1.82) is 0 Å². The van der Waals surface area contributed by atoms with Crippen LogP contribution in [0.5, 0.6) is 0 Å². The minimum Gasteiger partial charge on any atom is -0.480 e. The minimum atomic E-state index is -0.953. The molecule has 0 saturated carbocycles. The maximum absolute atomic E-state index is 11.4. The number of amides is 1. The van der Waals surface area contributed by atoms with Crippen molar-refractivity contribution >= 4 is 70.9 Å². The number of hydrogen-bond donors (Lipinski definition) is 6. The Balaban J connectivity index is 0.000000271. The van der Waals surface area contributed by atoms with E-state index >= 15 is 0 Å². The largest absolute Gasteiger partial charge is 0.480 e. The van der Waals surface area contributed by atoms with Crippen LogP contribution in [0.1, 0.15) is 13.8 Å². The molecule has 1 amide bonds. The Morgan fingerprint density at radius 3 is 2.04 bits per heavy atom. The van der Waals surface area contributed by atoms with Gasteiger partial charge in [-0.05, 0) is 25.6 Å². The Bertz CT molecular complexity index is 600. The molecule has 154 valence electrons. The van der Waals surface area contributed by atoms with Gasteiger partial charge in [0.2, 0.25) is 16.1 Å². The third kappa shape index (κ3) is 5.55. The predicted molar refractivity (Wildman–Crippen MR) is 113 cm³/mol. The number of aliphatic carboxylic acids is 1. The van der Waals surface area contributed by atoms with Crippen molar-refractivity contribution in [2.24, 2.45) is 17.2 Å². The number of thioether (sulfide) groups is 2. The van der Waals surface area contributed by atoms with Gasteiger partial charge in [-0.15, -0.1) is 11.8 Å². The molecule has 0 spiro atoms. The van der Waals surface area contributed by atoms with Gasteiger partial charge in [0, 0.05) is 16.3 Å². The van der Waals surface area contributed by atoms with Gasteiger partial charge in [0.1, 0.15) is 17.5 Å². The van der Waals surface area contributed by atoms with E-state index in [-0.39, 0.29) is 22.8 Å². The fraction of sp³-hybridized carbons (Fsp3) is 0.714. The second kappa shape index (κ2) is 9.85. The molecule has 0 radical (unpaired) electrons. The molecule has 0 aromatic rings. The van der Waals surface area contributed by atoms with Crippen molar-refractivity contribution in [3.8, 4) is 0 Å². The molecule has 0 unspecified atom stereocenters. The van der Waals surface area contributed by atoms with Crippen LogP contribution in [0, 0.1) is 0 Å². The Morgan fingerprint density at radius 2 is 1.67 bits per heavy atom. The van der Waals surface area contributed by atoms with Crippen LogP contribution in [0.4, 0.5) is 0 Å². The summed E-state index contributed by atoms with van der Waals surface area (Å²) in [5, 5.41) is 8.06. The van der Waals surface area contributed by atoms with E-state index in [2.05, 4.69) is 25.3 Å². The van der Waals surface area contributed by atoms with E-state index in [1.807, 2.05) is 13.8 Å². The molecule has 2 fully saturated rings. The van der Waals surface area contributed by atoms with Crippen molar-refractivity contribution in [3.05, 3.63) is 0 Å². The number of nitrogens with zero attached hydrogens (tertiary/aromatic N) is 1. The molecule has 0 aliphatic carbocycles. The Hall–Kier alpha value is -0.440. The van der Waals surface area contributed by atoms with Crippen molar-refractivity contribution < 1.29 is 24.3 Å². The molecule has 2 aliphatic rings. The highest BCUT2D eigenvalue weighted by atomic mass is 32.2. The highest BCUT2D eigenvalue weighted by molar-refractivity contribution is 8.26. The highest BCUT2D eigenvalue weighted by Gasteiger charge is 2.62. The van der Waals surface area contributed by atoms with Crippen molar-refractivity contribution in [2.75, 3.05) is 11.5 Å². The molecule has 0 aromatic carbocycles. The van der Waals surface area contributed by atoms with Gasteiger partial charge in [0.15, 0.2) is 0 Å². The SMILES string of the molecule is CC1(C)S[C@@H]2[C@H](N)C(=O)N2[C@H]1C(=O)O.N[C@@H](CS)C(=O)SC(=O)[C@@H](N)CS. The first-order valence-electron chi connectivity index (χ1n) is 7.85. The lowest BCUT2D eigenvalue weighted by atomic mass is 9.96. The van der Waals surface area contributed by atoms with Crippen LogP contribution in [0.3, 0.4) is 0 Å². The standard InChI is InChI=1S/C8H12N2O3S.C6H12N2O2S3/c1-8(2)4(7(12)13)10-5(11)3(9)6(10)14-8;7-3(1-11)5(9)13-6(10)4(8)2-12/h3-4,6H,9H2,1-2H3,(H,12,13);3-4,11-12H,1-2,7-8H2/t3-,4+,6-;3-,4-/m10/s1. The second-order valence-electron chi connectivity index (χ2n) is 6.44. The van der Waals surface area contributed by atoms with Crippen LogP contribution in [-0.2, 0) is 19.2 Å². The predicted octanol–water partition coefficient (Wildman–Crippen LogP) is -1.25. The normalized spacial score (nSPS) is 27.6. The number of carboxylic acid groups (broad SMARTS) is 1. The van der Waals surface area contributed by atoms with Gasteiger partial charge in [0.05, 0.1) is 12.1 Å². The summed E-state index contributed by atoms with van der Waals surface area (Å²) < 4.78 is -0.458. The lowest BCUT2D eigenvalue weighted by Crippen LogP contribution is -2.68. The summed E-state index contributed by atoms with van der Waals surface area (Å²) >= 11 is 9.67. The van der Waals surface area contributed by atoms with Crippen molar-refractivity contribution in [1.82, 2.24) is 4.90 Å². The van der Waals surface area contributed by atoms with Crippen LogP contribution in [0.15, 0.2) is 0 Å². The quantitative estimate of drug-likeness (QED) is 0.217. The smallest absolute Gasteiger partial charge is 0.327 e. The van der Waals surface area contributed by atoms with Gasteiger partial charge in [-0.25, -0.2) is 4.79 Å². The average molecular weight is 457 g/mol. The van der Waals surface area contributed by atoms with Gasteiger partial charge >= 0.3 is 5.97 Å². The maximum atomic E-state index is 11.4. The lowest BCUT2D eigenvalue weighted by Gasteiger charge is -2.41. The van der Waals surface area contributed by atoms with Crippen LogP contribution in [-0.4, -0.2) is 77.9 Å². The summed E-state index contributed by atoms with van der Waals surface area (Å²) in [5.41, 5.74) is 16.3. The summed E-state index contributed by atoms with van der Waals surface area (Å²) in [6.45, 7) is 3.66. The third-order valence-corrected chi connectivity index (χ3v) is 7.30. The zero-order valence-corrected chi connectivity index (χ0v) is 18.2. The first-order chi connectivity index (χ1) is 12.4. The van der Waals surface area contributed by atoms with E-state index in [1.54, 1.807) is 0 Å². The fourth-order valence-electron chi connectivity index (χ4n) is 2.44. The molecule has 2 saturated heterocycles. The number of carboxylic acids is 1. The molecule has 0 bridgehead atoms. The average Bonchev–Trinajstić information content (AvgIpc) is 2.88. The number of carbonyl (C=O) groups excluding carboxylic acids is 3. The molecule has 2 heterocycles. The van der Waals surface area contributed by atoms with Crippen molar-refractivity contribution in [2.45, 2.75) is 48.1 Å². The van der Waals surface area contributed by atoms with E-state index in [4.69, 9.17) is 22.3 Å². The summed E-state index contributed by atoms with van der Waals surface area (Å²) in [6, 6.07) is -2.71. The Morgan fingerprint density at radius 1 is 1.22 bits per heavy atom. The molecule has 13 heteroatoms. The monoisotopic (exact) mass is 456 g/mol. The first kappa shape index (κ1) is 24.6. The lowest BCUT2D eigenvalue weighted by molar-refractivity contribution is -0.159. The van der Waals surface area contributed by atoms with Crippen LogP contribution in [0.2, 0.25) is 0 Å². The van der Waals surface area contributed by atoms with Crippen molar-refractivity contribution in [3.63, 3.8) is 0 Å². The van der Waals surface area contributed by atoms with E-state index in [1.165, 1.54) is 16.7 Å². The number of β-lactam (4-membered cyclic amide) rings is 1. The Kier molecular flexibility index (Phi) is 8.98. The van der Waals surface area contributed by atoms with E-state index in [0.717, 1.165) is 0 Å². The second-order valence-corrected chi connectivity index (χ2v) is 9.95. The van der Waals surface area contributed by atoms with Crippen LogP contribution in [0.25, 0.3) is 0 Å². The molecule has 0 aromatic heterocycles. The molecule has 9 nitrogen and oxygen atoms in total. The molecular formula is C14H24N4O5S4. The summed E-state index contributed by atoms with van der Waals surface area (Å²) in [7, 11) is 0. The molecule has 2 rings (SSSR count). The van der Waals surface area contributed by atoms with E-state index < -0.39 is 45.1 Å².